The number of rotatable bonds is 11. The smallest absolute Gasteiger partial charge is 0.330 e. The monoisotopic (exact) mass is 282 g/mol. The van der Waals surface area contributed by atoms with Gasteiger partial charge >= 0.3 is 5.97 Å². The SMILES string of the molecule is C=CC(=O)OCCOCCOCCOS(C)(=O)=O. The van der Waals surface area contributed by atoms with Crippen LogP contribution in [0.5, 0.6) is 0 Å². The lowest BCUT2D eigenvalue weighted by molar-refractivity contribution is -0.139. The van der Waals surface area contributed by atoms with Crippen LogP contribution in [0.15, 0.2) is 12.7 Å². The zero-order valence-corrected chi connectivity index (χ0v) is 11.1. The number of hydrogen-bond acceptors (Lipinski definition) is 7. The third-order valence-electron chi connectivity index (χ3n) is 1.54. The topological polar surface area (TPSA) is 88.1 Å². The fraction of sp³-hybridized carbons (Fsp3) is 0.700. The number of carbonyl (C=O) groups excluding carboxylic acids is 1. The maximum Gasteiger partial charge on any atom is 0.330 e. The van der Waals surface area contributed by atoms with E-state index in [0.29, 0.717) is 13.2 Å². The molecule has 0 atom stereocenters. The van der Waals surface area contributed by atoms with Gasteiger partial charge in [0.1, 0.15) is 6.61 Å². The van der Waals surface area contributed by atoms with E-state index in [9.17, 15) is 13.2 Å². The van der Waals surface area contributed by atoms with Crippen molar-refractivity contribution in [3.63, 3.8) is 0 Å². The van der Waals surface area contributed by atoms with Crippen molar-refractivity contribution < 1.29 is 31.6 Å². The molecule has 0 heterocycles. The van der Waals surface area contributed by atoms with Crippen molar-refractivity contribution in [2.75, 3.05) is 45.9 Å². The number of hydrogen-bond donors (Lipinski definition) is 0. The van der Waals surface area contributed by atoms with Gasteiger partial charge in [0.2, 0.25) is 0 Å². The van der Waals surface area contributed by atoms with Crippen LogP contribution in [0.3, 0.4) is 0 Å². The van der Waals surface area contributed by atoms with Gasteiger partial charge in [-0.25, -0.2) is 4.79 Å². The second-order valence-corrected chi connectivity index (χ2v) is 4.77. The van der Waals surface area contributed by atoms with Crippen molar-refractivity contribution in [2.24, 2.45) is 0 Å². The molecule has 0 amide bonds. The molecule has 18 heavy (non-hydrogen) atoms. The summed E-state index contributed by atoms with van der Waals surface area (Å²) in [7, 11) is -3.41. The van der Waals surface area contributed by atoms with Crippen molar-refractivity contribution in [1.29, 1.82) is 0 Å². The number of carbonyl (C=O) groups is 1. The van der Waals surface area contributed by atoms with Crippen molar-refractivity contribution in [3.05, 3.63) is 12.7 Å². The lowest BCUT2D eigenvalue weighted by atomic mass is 10.6. The Morgan fingerprint density at radius 2 is 1.56 bits per heavy atom. The molecule has 0 radical (unpaired) electrons. The Kier molecular flexibility index (Phi) is 9.47. The molecule has 0 saturated heterocycles. The van der Waals surface area contributed by atoms with E-state index in [0.717, 1.165) is 12.3 Å². The van der Waals surface area contributed by atoms with Crippen molar-refractivity contribution in [1.82, 2.24) is 0 Å². The molecule has 0 bridgehead atoms. The Labute approximate surface area is 107 Å². The van der Waals surface area contributed by atoms with Crippen LogP contribution >= 0.6 is 0 Å². The quantitative estimate of drug-likeness (QED) is 0.223. The molecule has 0 saturated carbocycles. The van der Waals surface area contributed by atoms with Crippen LogP contribution < -0.4 is 0 Å². The molecule has 0 aromatic rings. The standard InChI is InChI=1S/C10H18O7S/c1-3-10(11)16-8-6-14-4-5-15-7-9-17-18(2,12)13/h3H,1,4-9H2,2H3. The Morgan fingerprint density at radius 1 is 1.06 bits per heavy atom. The molecule has 7 nitrogen and oxygen atoms in total. The van der Waals surface area contributed by atoms with Crippen LogP contribution in [0, 0.1) is 0 Å². The van der Waals surface area contributed by atoms with E-state index in [1.54, 1.807) is 0 Å². The van der Waals surface area contributed by atoms with Gasteiger partial charge in [-0.3, -0.25) is 4.18 Å². The molecule has 0 spiro atoms. The average molecular weight is 282 g/mol. The van der Waals surface area contributed by atoms with Crippen molar-refractivity contribution in [3.8, 4) is 0 Å². The van der Waals surface area contributed by atoms with E-state index in [1.165, 1.54) is 0 Å². The van der Waals surface area contributed by atoms with E-state index < -0.39 is 16.1 Å². The molecule has 0 aliphatic rings. The zero-order chi connectivity index (χ0) is 13.9. The van der Waals surface area contributed by atoms with Crippen LogP contribution in [0.4, 0.5) is 0 Å². The zero-order valence-electron chi connectivity index (χ0n) is 10.3. The summed E-state index contributed by atoms with van der Waals surface area (Å²) < 4.78 is 40.4. The fourth-order valence-electron chi connectivity index (χ4n) is 0.826. The summed E-state index contributed by atoms with van der Waals surface area (Å²) in [5.41, 5.74) is 0. The molecule has 0 N–H and O–H groups in total. The normalized spacial score (nSPS) is 11.2. The predicted molar refractivity (Wildman–Crippen MR) is 63.6 cm³/mol. The summed E-state index contributed by atoms with van der Waals surface area (Å²) in [6.07, 6.45) is 2.05. The maximum atomic E-state index is 10.6. The highest BCUT2D eigenvalue weighted by atomic mass is 32.2. The molecule has 0 aliphatic carbocycles. The van der Waals surface area contributed by atoms with E-state index in [4.69, 9.17) is 9.47 Å². The molecule has 0 aliphatic heterocycles. The van der Waals surface area contributed by atoms with Crippen LogP contribution in [0.1, 0.15) is 0 Å². The first-order chi connectivity index (χ1) is 8.45. The van der Waals surface area contributed by atoms with Gasteiger partial charge in [-0.1, -0.05) is 6.58 Å². The van der Waals surface area contributed by atoms with Crippen LogP contribution in [-0.2, 0) is 33.3 Å². The van der Waals surface area contributed by atoms with E-state index in [1.807, 2.05) is 0 Å². The average Bonchev–Trinajstić information content (AvgIpc) is 2.29. The van der Waals surface area contributed by atoms with Gasteiger partial charge in [0.05, 0.1) is 39.3 Å². The van der Waals surface area contributed by atoms with Gasteiger partial charge < -0.3 is 14.2 Å². The molecule has 0 fully saturated rings. The molecule has 0 rings (SSSR count). The molecular formula is C10H18O7S. The van der Waals surface area contributed by atoms with E-state index >= 15 is 0 Å². The van der Waals surface area contributed by atoms with Gasteiger partial charge in [-0.2, -0.15) is 8.42 Å². The van der Waals surface area contributed by atoms with Gasteiger partial charge in [-0.05, 0) is 0 Å². The summed E-state index contributed by atoms with van der Waals surface area (Å²) in [6.45, 7) is 4.45. The van der Waals surface area contributed by atoms with Gasteiger partial charge in [0.15, 0.2) is 0 Å². The lowest BCUT2D eigenvalue weighted by Crippen LogP contribution is -2.14. The fourth-order valence-corrected chi connectivity index (χ4v) is 1.20. The molecular weight excluding hydrogens is 264 g/mol. The Hall–Kier alpha value is -0.960. The van der Waals surface area contributed by atoms with Gasteiger partial charge in [0.25, 0.3) is 10.1 Å². The minimum atomic E-state index is -3.41. The molecule has 106 valence electrons. The van der Waals surface area contributed by atoms with Gasteiger partial charge in [-0.15, -0.1) is 0 Å². The van der Waals surface area contributed by atoms with Crippen molar-refractivity contribution in [2.45, 2.75) is 0 Å². The van der Waals surface area contributed by atoms with Gasteiger partial charge in [0, 0.05) is 6.08 Å². The minimum Gasteiger partial charge on any atom is -0.460 e. The van der Waals surface area contributed by atoms with E-state index in [-0.39, 0.29) is 26.4 Å². The van der Waals surface area contributed by atoms with E-state index in [2.05, 4.69) is 15.5 Å². The first-order valence-corrected chi connectivity index (χ1v) is 7.06. The lowest BCUT2D eigenvalue weighted by Gasteiger charge is -2.06. The predicted octanol–water partition coefficient (Wildman–Crippen LogP) is -0.275. The molecule has 8 heteroatoms. The van der Waals surface area contributed by atoms with Crippen LogP contribution in [0.2, 0.25) is 0 Å². The second kappa shape index (κ2) is 10.0. The summed E-state index contributed by atoms with van der Waals surface area (Å²) in [5.74, 6) is -0.493. The summed E-state index contributed by atoms with van der Waals surface area (Å²) in [6, 6.07) is 0. The summed E-state index contributed by atoms with van der Waals surface area (Å²) in [4.78, 5) is 10.6. The summed E-state index contributed by atoms with van der Waals surface area (Å²) >= 11 is 0. The Bertz CT molecular complexity index is 336. The highest BCUT2D eigenvalue weighted by molar-refractivity contribution is 7.85. The van der Waals surface area contributed by atoms with Crippen LogP contribution in [-0.4, -0.2) is 60.3 Å². The Balaban J connectivity index is 3.17. The first kappa shape index (κ1) is 17.0. The number of ether oxygens (including phenoxy) is 3. The molecule has 0 aromatic heterocycles. The molecule has 0 unspecified atom stereocenters. The summed E-state index contributed by atoms with van der Waals surface area (Å²) in [5, 5.41) is 0. The largest absolute Gasteiger partial charge is 0.460 e. The maximum absolute atomic E-state index is 10.6. The molecule has 0 aromatic carbocycles. The first-order valence-electron chi connectivity index (χ1n) is 5.25. The highest BCUT2D eigenvalue weighted by Crippen LogP contribution is 1.87. The second-order valence-electron chi connectivity index (χ2n) is 3.12. The third-order valence-corrected chi connectivity index (χ3v) is 2.13. The van der Waals surface area contributed by atoms with Crippen LogP contribution in [0.25, 0.3) is 0 Å². The third kappa shape index (κ3) is 13.1. The van der Waals surface area contributed by atoms with Crippen molar-refractivity contribution >= 4 is 16.1 Å². The highest BCUT2D eigenvalue weighted by Gasteiger charge is 2.00. The number of esters is 1. The minimum absolute atomic E-state index is 0.0181. The Morgan fingerprint density at radius 3 is 2.06 bits per heavy atom.